The van der Waals surface area contributed by atoms with Gasteiger partial charge in [0.05, 0.1) is 4.90 Å². The van der Waals surface area contributed by atoms with Crippen molar-refractivity contribution in [2.24, 2.45) is 3.88 Å². The number of rotatable bonds is 1. The van der Waals surface area contributed by atoms with Gasteiger partial charge in [-0.15, -0.1) is 0 Å². The third-order valence-electron chi connectivity index (χ3n) is 1.42. The predicted octanol–water partition coefficient (Wildman–Crippen LogP) is 2.45. The maximum Gasteiger partial charge on any atom is 0.206 e. The molecule has 1 N–H and O–H groups in total. The van der Waals surface area contributed by atoms with Gasteiger partial charge in [-0.05, 0) is 19.1 Å². The van der Waals surface area contributed by atoms with Crippen molar-refractivity contribution in [3.63, 3.8) is 0 Å². The second kappa shape index (κ2) is 3.43. The van der Waals surface area contributed by atoms with E-state index in [0.717, 1.165) is 5.56 Å². The van der Waals surface area contributed by atoms with Gasteiger partial charge in [0.25, 0.3) is 0 Å². The molecule has 1 aromatic rings. The lowest BCUT2D eigenvalue weighted by atomic mass is 10.2. The number of hydrogen-bond donors (Lipinski definition) is 1. The first-order valence-electron chi connectivity index (χ1n) is 3.23. The first-order valence-corrected chi connectivity index (χ1v) is 5.04. The predicted molar refractivity (Wildman–Crippen MR) is 48.5 cm³/mol. The van der Waals surface area contributed by atoms with E-state index in [9.17, 15) is 4.21 Å². The van der Waals surface area contributed by atoms with E-state index < -0.39 is 10.0 Å². The quantitative estimate of drug-likeness (QED) is 0.766. The maximum absolute atomic E-state index is 11.1. The normalized spacial score (nSPS) is 15.2. The Morgan fingerprint density at radius 2 is 1.92 bits per heavy atom. The highest BCUT2D eigenvalue weighted by atomic mass is 35.5. The lowest BCUT2D eigenvalue weighted by molar-refractivity contribution is 0.553. The monoisotopic (exact) mass is 205 g/mol. The third-order valence-corrected chi connectivity index (χ3v) is 3.06. The molecule has 0 saturated heterocycles. The molecule has 0 aliphatic carbocycles. The molecule has 12 heavy (non-hydrogen) atoms. The van der Waals surface area contributed by atoms with Gasteiger partial charge in [-0.3, -0.25) is 4.55 Å². The highest BCUT2D eigenvalue weighted by molar-refractivity contribution is 7.88. The Morgan fingerprint density at radius 1 is 1.42 bits per heavy atom. The van der Waals surface area contributed by atoms with Gasteiger partial charge in [0.15, 0.2) is 0 Å². The summed E-state index contributed by atoms with van der Waals surface area (Å²) in [6.07, 6.45) is 0. The first-order chi connectivity index (χ1) is 5.56. The minimum absolute atomic E-state index is 0.225. The van der Waals surface area contributed by atoms with Crippen LogP contribution in [0.3, 0.4) is 0 Å². The van der Waals surface area contributed by atoms with E-state index >= 15 is 0 Å². The summed E-state index contributed by atoms with van der Waals surface area (Å²) in [6.45, 7) is 1.89. The molecule has 1 unspecified atom stereocenters. The Hall–Kier alpha value is -0.580. The Bertz CT molecular complexity index is 379. The van der Waals surface area contributed by atoms with Crippen LogP contribution in [0.25, 0.3) is 0 Å². The van der Waals surface area contributed by atoms with Crippen LogP contribution in [0.2, 0.25) is 0 Å². The standard InChI is InChI=1S/C7H8ClNO2S/c1-6-2-4-7(5-3-6)12(10,11)9-8/h2-5H,1H3,(H,9,10,11). The van der Waals surface area contributed by atoms with Crippen LogP contribution in [-0.4, -0.2) is 8.76 Å². The average Bonchev–Trinajstić information content (AvgIpc) is 2.05. The summed E-state index contributed by atoms with van der Waals surface area (Å²) in [5, 5.41) is 0. The lowest BCUT2D eigenvalue weighted by Gasteiger charge is -1.99. The molecule has 0 bridgehead atoms. The molecule has 1 aromatic carbocycles. The molecule has 5 heteroatoms. The summed E-state index contributed by atoms with van der Waals surface area (Å²) in [5.41, 5.74) is 1.02. The van der Waals surface area contributed by atoms with Crippen molar-refractivity contribution in [1.82, 2.24) is 0 Å². The van der Waals surface area contributed by atoms with Crippen molar-refractivity contribution in [3.8, 4) is 0 Å². The van der Waals surface area contributed by atoms with E-state index in [2.05, 4.69) is 3.88 Å². The van der Waals surface area contributed by atoms with Crippen LogP contribution in [0.4, 0.5) is 0 Å². The highest BCUT2D eigenvalue weighted by Crippen LogP contribution is 2.12. The molecule has 66 valence electrons. The largest absolute Gasteiger partial charge is 0.296 e. The van der Waals surface area contributed by atoms with E-state index in [-0.39, 0.29) is 4.90 Å². The molecule has 0 heterocycles. The van der Waals surface area contributed by atoms with Crippen LogP contribution in [0.1, 0.15) is 5.56 Å². The Balaban J connectivity index is 3.24. The molecular weight excluding hydrogens is 198 g/mol. The van der Waals surface area contributed by atoms with E-state index in [1.54, 1.807) is 12.1 Å². The summed E-state index contributed by atoms with van der Waals surface area (Å²) in [7, 11) is -3.37. The van der Waals surface area contributed by atoms with Gasteiger partial charge in [-0.1, -0.05) is 21.6 Å². The molecule has 0 saturated carbocycles. The van der Waals surface area contributed by atoms with Gasteiger partial charge in [-0.2, -0.15) is 0 Å². The summed E-state index contributed by atoms with van der Waals surface area (Å²) >= 11 is 4.97. The molecule has 1 rings (SSSR count). The Morgan fingerprint density at radius 3 is 2.33 bits per heavy atom. The lowest BCUT2D eigenvalue weighted by Crippen LogP contribution is -1.96. The molecule has 3 nitrogen and oxygen atoms in total. The van der Waals surface area contributed by atoms with Crippen molar-refractivity contribution in [1.29, 1.82) is 0 Å². The van der Waals surface area contributed by atoms with Gasteiger partial charge >= 0.3 is 0 Å². The third kappa shape index (κ3) is 1.97. The molecule has 0 aliphatic heterocycles. The molecule has 0 amide bonds. The van der Waals surface area contributed by atoms with Crippen LogP contribution in [0.5, 0.6) is 0 Å². The second-order valence-corrected chi connectivity index (χ2v) is 4.40. The number of aryl methyl sites for hydroxylation is 1. The Labute approximate surface area is 76.5 Å². The van der Waals surface area contributed by atoms with Crippen molar-refractivity contribution in [3.05, 3.63) is 29.8 Å². The number of benzene rings is 1. The van der Waals surface area contributed by atoms with E-state index in [4.69, 9.17) is 16.3 Å². The van der Waals surface area contributed by atoms with E-state index in [1.165, 1.54) is 12.1 Å². The molecule has 0 fully saturated rings. The summed E-state index contributed by atoms with van der Waals surface area (Å²) in [4.78, 5) is 0.225. The summed E-state index contributed by atoms with van der Waals surface area (Å²) in [6, 6.07) is 6.52. The molecule has 0 aromatic heterocycles. The van der Waals surface area contributed by atoms with Gasteiger partial charge in [0.1, 0.15) is 0 Å². The molecule has 0 aliphatic rings. The zero-order valence-corrected chi connectivity index (χ0v) is 7.97. The zero-order chi connectivity index (χ0) is 9.19. The minimum Gasteiger partial charge on any atom is -0.296 e. The van der Waals surface area contributed by atoms with E-state index in [0.29, 0.717) is 0 Å². The summed E-state index contributed by atoms with van der Waals surface area (Å²) in [5.74, 6) is 0. The van der Waals surface area contributed by atoms with Gasteiger partial charge < -0.3 is 0 Å². The molecular formula is C7H8ClNO2S. The highest BCUT2D eigenvalue weighted by Gasteiger charge is 2.05. The number of nitrogens with zero attached hydrogens (tertiary/aromatic N) is 1. The van der Waals surface area contributed by atoms with Crippen LogP contribution in [0.15, 0.2) is 33.0 Å². The van der Waals surface area contributed by atoms with Gasteiger partial charge in [-0.25, -0.2) is 4.21 Å². The number of hydrogen-bond acceptors (Lipinski definition) is 2. The number of halogens is 1. The molecule has 0 radical (unpaired) electrons. The van der Waals surface area contributed by atoms with Gasteiger partial charge in [0, 0.05) is 11.8 Å². The zero-order valence-electron chi connectivity index (χ0n) is 6.40. The second-order valence-electron chi connectivity index (χ2n) is 2.38. The van der Waals surface area contributed by atoms with Gasteiger partial charge in [0.2, 0.25) is 10.0 Å². The molecule has 0 spiro atoms. The smallest absolute Gasteiger partial charge is 0.206 e. The fourth-order valence-electron chi connectivity index (χ4n) is 0.755. The van der Waals surface area contributed by atoms with Crippen LogP contribution >= 0.6 is 11.8 Å². The molecule has 1 atom stereocenters. The van der Waals surface area contributed by atoms with E-state index in [1.807, 2.05) is 6.92 Å². The SMILES string of the molecule is Cc1ccc(S(=O)(O)=NCl)cc1. The Kier molecular flexibility index (Phi) is 2.72. The topological polar surface area (TPSA) is 49.7 Å². The fourth-order valence-corrected chi connectivity index (χ4v) is 1.56. The fraction of sp³-hybridized carbons (Fsp3) is 0.143. The minimum atomic E-state index is -3.37. The van der Waals surface area contributed by atoms with Crippen LogP contribution in [0, 0.1) is 6.92 Å². The van der Waals surface area contributed by atoms with Crippen LogP contribution < -0.4 is 0 Å². The maximum atomic E-state index is 11.1. The van der Waals surface area contributed by atoms with Crippen LogP contribution in [-0.2, 0) is 10.0 Å². The van der Waals surface area contributed by atoms with Crippen molar-refractivity contribution < 1.29 is 8.76 Å². The summed E-state index contributed by atoms with van der Waals surface area (Å²) < 4.78 is 23.1. The average molecular weight is 206 g/mol. The van der Waals surface area contributed by atoms with Crippen molar-refractivity contribution in [2.45, 2.75) is 11.8 Å². The van der Waals surface area contributed by atoms with Crippen molar-refractivity contribution >= 4 is 21.8 Å². The van der Waals surface area contributed by atoms with Crippen molar-refractivity contribution in [2.75, 3.05) is 0 Å². The first kappa shape index (κ1) is 9.51.